The van der Waals surface area contributed by atoms with E-state index in [1.165, 1.54) is 12.1 Å². The lowest BCUT2D eigenvalue weighted by Gasteiger charge is -2.28. The van der Waals surface area contributed by atoms with Crippen molar-refractivity contribution in [3.8, 4) is 11.4 Å². The first-order chi connectivity index (χ1) is 18.9. The topological polar surface area (TPSA) is 104 Å². The van der Waals surface area contributed by atoms with Crippen molar-refractivity contribution in [2.75, 3.05) is 64.9 Å². The second-order valence-electron chi connectivity index (χ2n) is 9.67. The number of ether oxygens (including phenoxy) is 1. The molecule has 0 bridgehead atoms. The van der Waals surface area contributed by atoms with Crippen molar-refractivity contribution in [1.29, 1.82) is 0 Å². The summed E-state index contributed by atoms with van der Waals surface area (Å²) < 4.78 is 21.8. The van der Waals surface area contributed by atoms with Gasteiger partial charge in [0.05, 0.1) is 18.8 Å². The van der Waals surface area contributed by atoms with Gasteiger partial charge in [-0.3, -0.25) is 9.59 Å². The fourth-order valence-electron chi connectivity index (χ4n) is 4.22. The summed E-state index contributed by atoms with van der Waals surface area (Å²) in [5.41, 5.74) is 2.18. The SMILES string of the molecule is CN(C)C/C=C/C(=O)CCC(=O)NCCNCc1cc2c(N3CCOCC3)nc(-c3ccccc3F)nn2c1. The van der Waals surface area contributed by atoms with Gasteiger partial charge in [0.2, 0.25) is 5.91 Å². The molecule has 10 nitrogen and oxygen atoms in total. The van der Waals surface area contributed by atoms with Crippen LogP contribution in [0.3, 0.4) is 0 Å². The summed E-state index contributed by atoms with van der Waals surface area (Å²) >= 11 is 0. The number of morpholine rings is 1. The van der Waals surface area contributed by atoms with Gasteiger partial charge in [0.15, 0.2) is 17.4 Å². The van der Waals surface area contributed by atoms with Gasteiger partial charge in [0, 0.05) is 58.3 Å². The molecule has 1 aromatic carbocycles. The van der Waals surface area contributed by atoms with Gasteiger partial charge in [0.25, 0.3) is 0 Å². The van der Waals surface area contributed by atoms with Gasteiger partial charge < -0.3 is 25.2 Å². The molecule has 0 unspecified atom stereocenters. The number of halogens is 1. The second kappa shape index (κ2) is 13.9. The lowest BCUT2D eigenvalue weighted by Crippen LogP contribution is -2.37. The molecule has 2 N–H and O–H groups in total. The molecule has 2 aromatic heterocycles. The van der Waals surface area contributed by atoms with Crippen molar-refractivity contribution < 1.29 is 18.7 Å². The fraction of sp³-hybridized carbons (Fsp3) is 0.429. The van der Waals surface area contributed by atoms with E-state index < -0.39 is 0 Å². The highest BCUT2D eigenvalue weighted by Crippen LogP contribution is 2.27. The minimum atomic E-state index is -0.369. The van der Waals surface area contributed by atoms with Crippen LogP contribution in [0, 0.1) is 5.82 Å². The van der Waals surface area contributed by atoms with E-state index in [9.17, 15) is 14.0 Å². The number of aromatic nitrogens is 3. The van der Waals surface area contributed by atoms with E-state index in [-0.39, 0.29) is 30.3 Å². The number of benzene rings is 1. The number of nitrogens with zero attached hydrogens (tertiary/aromatic N) is 5. The lowest BCUT2D eigenvalue weighted by atomic mass is 10.2. The molecule has 1 aliphatic heterocycles. The van der Waals surface area contributed by atoms with Crippen molar-refractivity contribution in [3.63, 3.8) is 0 Å². The highest BCUT2D eigenvalue weighted by Gasteiger charge is 2.20. The maximum atomic E-state index is 14.5. The van der Waals surface area contributed by atoms with E-state index in [1.807, 2.05) is 31.3 Å². The zero-order valence-electron chi connectivity index (χ0n) is 22.5. The van der Waals surface area contributed by atoms with Gasteiger partial charge in [-0.2, -0.15) is 0 Å². The van der Waals surface area contributed by atoms with Crippen molar-refractivity contribution in [2.45, 2.75) is 19.4 Å². The van der Waals surface area contributed by atoms with Gasteiger partial charge in [0.1, 0.15) is 11.3 Å². The summed E-state index contributed by atoms with van der Waals surface area (Å²) in [6.07, 6.45) is 5.61. The molecule has 0 spiro atoms. The molecule has 0 aliphatic carbocycles. The number of anilines is 1. The number of carbonyl (C=O) groups is 2. The molecule has 0 saturated carbocycles. The Morgan fingerprint density at radius 2 is 1.95 bits per heavy atom. The molecule has 4 rings (SSSR count). The second-order valence-corrected chi connectivity index (χ2v) is 9.67. The summed E-state index contributed by atoms with van der Waals surface area (Å²) in [5.74, 6) is 0.504. The predicted octanol–water partition coefficient (Wildman–Crippen LogP) is 2.04. The maximum absolute atomic E-state index is 14.5. The van der Waals surface area contributed by atoms with Crippen molar-refractivity contribution in [3.05, 3.63) is 60.1 Å². The zero-order valence-corrected chi connectivity index (χ0v) is 22.5. The molecule has 1 fully saturated rings. The zero-order chi connectivity index (χ0) is 27.6. The number of amides is 1. The van der Waals surface area contributed by atoms with Gasteiger partial charge in [-0.25, -0.2) is 13.9 Å². The molecular formula is C28H36FN7O3. The normalized spacial score (nSPS) is 14.0. The molecular weight excluding hydrogens is 501 g/mol. The number of carbonyl (C=O) groups excluding carboxylic acids is 2. The first-order valence-corrected chi connectivity index (χ1v) is 13.2. The minimum Gasteiger partial charge on any atom is -0.378 e. The molecule has 11 heteroatoms. The van der Waals surface area contributed by atoms with Crippen LogP contribution in [0.4, 0.5) is 10.2 Å². The van der Waals surface area contributed by atoms with Gasteiger partial charge in [-0.1, -0.05) is 18.2 Å². The van der Waals surface area contributed by atoms with Crippen LogP contribution in [-0.2, 0) is 20.9 Å². The van der Waals surface area contributed by atoms with E-state index >= 15 is 0 Å². The number of nitrogens with one attached hydrogen (secondary N) is 2. The molecule has 3 aromatic rings. The number of ketones is 1. The van der Waals surface area contributed by atoms with Crippen LogP contribution in [0.2, 0.25) is 0 Å². The fourth-order valence-corrected chi connectivity index (χ4v) is 4.22. The van der Waals surface area contributed by atoms with Crippen LogP contribution in [0.15, 0.2) is 48.7 Å². The Labute approximate surface area is 227 Å². The maximum Gasteiger partial charge on any atom is 0.220 e. The molecule has 1 amide bonds. The largest absolute Gasteiger partial charge is 0.378 e. The van der Waals surface area contributed by atoms with Gasteiger partial charge >= 0.3 is 0 Å². The van der Waals surface area contributed by atoms with Crippen molar-refractivity contribution in [1.82, 2.24) is 30.1 Å². The van der Waals surface area contributed by atoms with E-state index in [4.69, 9.17) is 9.72 Å². The third kappa shape index (κ3) is 8.16. The van der Waals surface area contributed by atoms with Crippen molar-refractivity contribution in [2.24, 2.45) is 0 Å². The number of hydrogen-bond acceptors (Lipinski definition) is 8. The summed E-state index contributed by atoms with van der Waals surface area (Å²) in [4.78, 5) is 32.8. The summed E-state index contributed by atoms with van der Waals surface area (Å²) in [6.45, 7) is 4.87. The number of allylic oxidation sites excluding steroid dienone is 1. The third-order valence-electron chi connectivity index (χ3n) is 6.25. The van der Waals surface area contributed by atoms with Gasteiger partial charge in [-0.15, -0.1) is 5.10 Å². The molecule has 39 heavy (non-hydrogen) atoms. The van der Waals surface area contributed by atoms with E-state index in [1.54, 1.807) is 28.8 Å². The highest BCUT2D eigenvalue weighted by atomic mass is 19.1. The quantitative estimate of drug-likeness (QED) is 0.252. The minimum absolute atomic E-state index is 0.0522. The van der Waals surface area contributed by atoms with E-state index in [0.717, 1.165) is 16.9 Å². The summed E-state index contributed by atoms with van der Waals surface area (Å²) in [6, 6.07) is 8.52. The van der Waals surface area contributed by atoms with Crippen LogP contribution in [0.25, 0.3) is 16.9 Å². The summed E-state index contributed by atoms with van der Waals surface area (Å²) in [7, 11) is 3.85. The molecule has 0 radical (unpaired) electrons. The van der Waals surface area contributed by atoms with Crippen LogP contribution in [0.1, 0.15) is 18.4 Å². The number of fused-ring (bicyclic) bond motifs is 1. The number of likely N-dealkylation sites (N-methyl/N-ethyl adjacent to an activating group) is 1. The Balaban J connectivity index is 1.33. The number of rotatable bonds is 13. The predicted molar refractivity (Wildman–Crippen MR) is 148 cm³/mol. The Bertz CT molecular complexity index is 1300. The first kappa shape index (κ1) is 28.3. The smallest absolute Gasteiger partial charge is 0.220 e. The lowest BCUT2D eigenvalue weighted by molar-refractivity contribution is -0.123. The average Bonchev–Trinajstić information content (AvgIpc) is 3.34. The monoisotopic (exact) mass is 537 g/mol. The van der Waals surface area contributed by atoms with Crippen LogP contribution in [0.5, 0.6) is 0 Å². The molecule has 3 heterocycles. The Morgan fingerprint density at radius 3 is 2.72 bits per heavy atom. The van der Waals surface area contributed by atoms with Crippen LogP contribution >= 0.6 is 0 Å². The van der Waals surface area contributed by atoms with Crippen LogP contribution < -0.4 is 15.5 Å². The average molecular weight is 538 g/mol. The molecule has 1 aliphatic rings. The highest BCUT2D eigenvalue weighted by molar-refractivity contribution is 5.92. The molecule has 208 valence electrons. The van der Waals surface area contributed by atoms with Gasteiger partial charge in [-0.05, 0) is 43.9 Å². The molecule has 1 saturated heterocycles. The van der Waals surface area contributed by atoms with E-state index in [2.05, 4.69) is 20.6 Å². The van der Waals surface area contributed by atoms with E-state index in [0.29, 0.717) is 63.9 Å². The summed E-state index contributed by atoms with van der Waals surface area (Å²) in [5, 5.41) is 10.8. The first-order valence-electron chi connectivity index (χ1n) is 13.2. The standard InChI is InChI=1S/C28H36FN7O3/c1-34(2)13-5-6-22(37)9-10-26(38)31-12-11-30-19-21-18-25-28(35-14-16-39-17-15-35)32-27(33-36(25)20-21)23-7-3-4-8-24(23)29/h3-8,18,20,30H,9-17,19H2,1-2H3,(H,31,38)/b6-5+. The Kier molecular flexibility index (Phi) is 10.1. The van der Waals surface area contributed by atoms with Crippen molar-refractivity contribution >= 4 is 23.0 Å². The molecule has 0 atom stereocenters. The van der Waals surface area contributed by atoms with Crippen LogP contribution in [-0.4, -0.2) is 91.2 Å². The Morgan fingerprint density at radius 1 is 1.15 bits per heavy atom. The third-order valence-corrected chi connectivity index (χ3v) is 6.25. The Hall–Kier alpha value is -3.67. The number of hydrogen-bond donors (Lipinski definition) is 2.